The van der Waals surface area contributed by atoms with Crippen LogP contribution in [-0.2, 0) is 7.05 Å². The fourth-order valence-corrected chi connectivity index (χ4v) is 2.50. The molecule has 0 aliphatic rings. The molecule has 3 rings (SSSR count). The second kappa shape index (κ2) is 5.33. The first kappa shape index (κ1) is 13.8. The summed E-state index contributed by atoms with van der Waals surface area (Å²) in [5, 5.41) is 0.583. The number of nitrogens with zero attached hydrogens (tertiary/aromatic N) is 2. The second-order valence-electron chi connectivity index (χ2n) is 4.69. The molecule has 5 heteroatoms. The molecule has 0 unspecified atom stereocenters. The van der Waals surface area contributed by atoms with Gasteiger partial charge in [-0.2, -0.15) is 0 Å². The van der Waals surface area contributed by atoms with E-state index in [0.29, 0.717) is 22.5 Å². The number of hydrogen-bond donors (Lipinski definition) is 0. The van der Waals surface area contributed by atoms with Crippen molar-refractivity contribution in [2.45, 2.75) is 0 Å². The van der Waals surface area contributed by atoms with Crippen LogP contribution in [0.4, 0.5) is 0 Å². The molecule has 0 radical (unpaired) electrons. The minimum atomic E-state index is -0.0689. The smallest absolute Gasteiger partial charge is 0.261 e. The molecule has 0 bridgehead atoms. The fraction of sp³-hybridized carbons (Fsp3) is 0.125. The van der Waals surface area contributed by atoms with Crippen molar-refractivity contribution in [3.05, 3.63) is 57.3 Å². The molecule has 0 amide bonds. The van der Waals surface area contributed by atoms with Gasteiger partial charge in [-0.15, -0.1) is 0 Å². The van der Waals surface area contributed by atoms with Crippen LogP contribution in [0.15, 0.2) is 51.7 Å². The van der Waals surface area contributed by atoms with Crippen molar-refractivity contribution in [3.8, 4) is 17.1 Å². The zero-order chi connectivity index (χ0) is 15.0. The number of methoxy groups -OCH3 is 1. The van der Waals surface area contributed by atoms with Crippen molar-refractivity contribution in [1.82, 2.24) is 9.55 Å². The lowest BCUT2D eigenvalue weighted by atomic mass is 10.2. The summed E-state index contributed by atoms with van der Waals surface area (Å²) in [6, 6.07) is 13.0. The number of fused-ring (bicyclic) bond motifs is 1. The summed E-state index contributed by atoms with van der Waals surface area (Å²) < 4.78 is 7.75. The first-order valence-electron chi connectivity index (χ1n) is 6.41. The summed E-state index contributed by atoms with van der Waals surface area (Å²) in [5.41, 5.74) is 1.46. The maximum atomic E-state index is 12.5. The van der Waals surface area contributed by atoms with Gasteiger partial charge in [-0.3, -0.25) is 9.36 Å². The van der Waals surface area contributed by atoms with Gasteiger partial charge >= 0.3 is 0 Å². The molecule has 0 fully saturated rings. The molecule has 2 aromatic carbocycles. The Kier molecular flexibility index (Phi) is 3.51. The largest absolute Gasteiger partial charge is 0.497 e. The number of halogens is 1. The predicted molar refractivity (Wildman–Crippen MR) is 86.7 cm³/mol. The lowest BCUT2D eigenvalue weighted by Crippen LogP contribution is -2.20. The van der Waals surface area contributed by atoms with Gasteiger partial charge in [0.15, 0.2) is 0 Å². The number of rotatable bonds is 2. The molecule has 0 atom stereocenters. The maximum Gasteiger partial charge on any atom is 0.261 e. The number of benzene rings is 2. The van der Waals surface area contributed by atoms with Gasteiger partial charge in [0.2, 0.25) is 0 Å². The Hall–Kier alpha value is -2.14. The third kappa shape index (κ3) is 2.45. The second-order valence-corrected chi connectivity index (χ2v) is 5.61. The molecule has 1 aromatic heterocycles. The number of hydrogen-bond acceptors (Lipinski definition) is 3. The molecule has 0 aliphatic heterocycles. The highest BCUT2D eigenvalue weighted by molar-refractivity contribution is 9.10. The highest BCUT2D eigenvalue weighted by atomic mass is 79.9. The monoisotopic (exact) mass is 344 g/mol. The van der Waals surface area contributed by atoms with E-state index in [1.165, 1.54) is 0 Å². The topological polar surface area (TPSA) is 44.1 Å². The molecule has 0 spiro atoms. The van der Waals surface area contributed by atoms with Gasteiger partial charge in [0, 0.05) is 23.2 Å². The molecule has 0 aliphatic carbocycles. The molecule has 0 N–H and O–H groups in total. The van der Waals surface area contributed by atoms with Crippen molar-refractivity contribution in [1.29, 1.82) is 0 Å². The number of aromatic nitrogens is 2. The Morgan fingerprint density at radius 1 is 1.14 bits per heavy atom. The van der Waals surface area contributed by atoms with E-state index in [9.17, 15) is 4.79 Å². The van der Waals surface area contributed by atoms with E-state index in [2.05, 4.69) is 20.9 Å². The van der Waals surface area contributed by atoms with Crippen LogP contribution in [0.2, 0.25) is 0 Å². The van der Waals surface area contributed by atoms with E-state index >= 15 is 0 Å². The van der Waals surface area contributed by atoms with Crippen LogP contribution in [0, 0.1) is 0 Å². The predicted octanol–water partition coefficient (Wildman–Crippen LogP) is 3.37. The summed E-state index contributed by atoms with van der Waals surface area (Å²) >= 11 is 3.40. The summed E-state index contributed by atoms with van der Waals surface area (Å²) in [5.74, 6) is 1.32. The van der Waals surface area contributed by atoms with E-state index in [4.69, 9.17) is 4.74 Å². The lowest BCUT2D eigenvalue weighted by Gasteiger charge is -2.10. The first-order valence-corrected chi connectivity index (χ1v) is 7.20. The highest BCUT2D eigenvalue weighted by Crippen LogP contribution is 2.22. The maximum absolute atomic E-state index is 12.5. The molecule has 0 saturated carbocycles. The normalized spacial score (nSPS) is 10.8. The summed E-state index contributed by atoms with van der Waals surface area (Å²) in [7, 11) is 3.33. The van der Waals surface area contributed by atoms with Crippen LogP contribution in [-0.4, -0.2) is 16.7 Å². The first-order chi connectivity index (χ1) is 10.1. The molecule has 106 valence electrons. The molecular formula is C16H13BrN2O2. The third-order valence-electron chi connectivity index (χ3n) is 3.39. The van der Waals surface area contributed by atoms with Crippen molar-refractivity contribution in [2.75, 3.05) is 7.11 Å². The van der Waals surface area contributed by atoms with Crippen molar-refractivity contribution in [3.63, 3.8) is 0 Å². The molecular weight excluding hydrogens is 332 g/mol. The average molecular weight is 345 g/mol. The molecule has 0 saturated heterocycles. The Morgan fingerprint density at radius 3 is 2.52 bits per heavy atom. The molecule has 3 aromatic rings. The fourth-order valence-electron chi connectivity index (χ4n) is 2.23. The summed E-state index contributed by atoms with van der Waals surface area (Å²) in [6.07, 6.45) is 0. The standard InChI is InChI=1S/C16H13BrN2O2/c1-19-15(10-3-5-11(17)6-4-10)18-14-9-12(21-2)7-8-13(14)16(19)20/h3-9H,1-2H3. The number of ether oxygens (including phenoxy) is 1. The van der Waals surface area contributed by atoms with Gasteiger partial charge in [0.25, 0.3) is 5.56 Å². The minimum absolute atomic E-state index is 0.0689. The Balaban J connectivity index is 2.30. The summed E-state index contributed by atoms with van der Waals surface area (Å²) in [4.78, 5) is 17.1. The molecule has 4 nitrogen and oxygen atoms in total. The molecule has 21 heavy (non-hydrogen) atoms. The lowest BCUT2D eigenvalue weighted by molar-refractivity contribution is 0.415. The van der Waals surface area contributed by atoms with Gasteiger partial charge in [-0.05, 0) is 24.3 Å². The van der Waals surface area contributed by atoms with E-state index in [-0.39, 0.29) is 5.56 Å². The van der Waals surface area contributed by atoms with Gasteiger partial charge < -0.3 is 4.74 Å². The van der Waals surface area contributed by atoms with Crippen LogP contribution in [0.5, 0.6) is 5.75 Å². The van der Waals surface area contributed by atoms with Crippen LogP contribution < -0.4 is 10.3 Å². The Labute approximate surface area is 130 Å². The van der Waals surface area contributed by atoms with Crippen molar-refractivity contribution in [2.24, 2.45) is 7.05 Å². The van der Waals surface area contributed by atoms with Crippen LogP contribution in [0.25, 0.3) is 22.3 Å². The van der Waals surface area contributed by atoms with Crippen LogP contribution >= 0.6 is 15.9 Å². The van der Waals surface area contributed by atoms with E-state index in [0.717, 1.165) is 10.0 Å². The van der Waals surface area contributed by atoms with E-state index in [1.54, 1.807) is 36.9 Å². The molecule has 1 heterocycles. The van der Waals surface area contributed by atoms with Gasteiger partial charge in [-0.25, -0.2) is 4.98 Å². The van der Waals surface area contributed by atoms with Crippen LogP contribution in [0.3, 0.4) is 0 Å². The zero-order valence-electron chi connectivity index (χ0n) is 11.6. The Morgan fingerprint density at radius 2 is 1.86 bits per heavy atom. The summed E-state index contributed by atoms with van der Waals surface area (Å²) in [6.45, 7) is 0. The van der Waals surface area contributed by atoms with Crippen molar-refractivity contribution < 1.29 is 4.74 Å². The third-order valence-corrected chi connectivity index (χ3v) is 3.92. The van der Waals surface area contributed by atoms with Gasteiger partial charge in [-0.1, -0.05) is 28.1 Å². The van der Waals surface area contributed by atoms with Crippen molar-refractivity contribution >= 4 is 26.8 Å². The quantitative estimate of drug-likeness (QED) is 0.715. The minimum Gasteiger partial charge on any atom is -0.497 e. The van der Waals surface area contributed by atoms with E-state index in [1.807, 2.05) is 24.3 Å². The average Bonchev–Trinajstić information content (AvgIpc) is 2.51. The van der Waals surface area contributed by atoms with E-state index < -0.39 is 0 Å². The SMILES string of the molecule is COc1ccc2c(=O)n(C)c(-c3ccc(Br)cc3)nc2c1. The van der Waals surface area contributed by atoms with Gasteiger partial charge in [0.05, 0.1) is 18.0 Å². The highest BCUT2D eigenvalue weighted by Gasteiger charge is 2.10. The van der Waals surface area contributed by atoms with Gasteiger partial charge in [0.1, 0.15) is 11.6 Å². The zero-order valence-corrected chi connectivity index (χ0v) is 13.2. The van der Waals surface area contributed by atoms with Crippen LogP contribution in [0.1, 0.15) is 0 Å². The Bertz CT molecular complexity index is 870.